The van der Waals surface area contributed by atoms with Crippen LogP contribution in [0.3, 0.4) is 0 Å². The van der Waals surface area contributed by atoms with Crippen LogP contribution in [0.15, 0.2) is 30.6 Å². The zero-order chi connectivity index (χ0) is 16.4. The lowest BCUT2D eigenvalue weighted by molar-refractivity contribution is 0.312. The van der Waals surface area contributed by atoms with Crippen molar-refractivity contribution in [3.63, 3.8) is 0 Å². The van der Waals surface area contributed by atoms with Gasteiger partial charge >= 0.3 is 0 Å². The Labute approximate surface area is 143 Å². The van der Waals surface area contributed by atoms with Gasteiger partial charge in [-0.05, 0) is 36.7 Å². The van der Waals surface area contributed by atoms with E-state index in [1.165, 1.54) is 5.56 Å². The fourth-order valence-electron chi connectivity index (χ4n) is 2.75. The summed E-state index contributed by atoms with van der Waals surface area (Å²) in [5.74, 6) is 1.46. The van der Waals surface area contributed by atoms with E-state index in [1.54, 1.807) is 0 Å². The zero-order valence-corrected chi connectivity index (χ0v) is 14.7. The summed E-state index contributed by atoms with van der Waals surface area (Å²) in [7, 11) is 2.16. The highest BCUT2D eigenvalue weighted by molar-refractivity contribution is 6.32. The Hall–Kier alpha value is -1.65. The number of anilines is 1. The summed E-state index contributed by atoms with van der Waals surface area (Å²) in [6, 6.07) is 6.29. The molecule has 0 saturated carbocycles. The lowest BCUT2D eigenvalue weighted by Crippen LogP contribution is -2.44. The molecule has 0 N–H and O–H groups in total. The molecule has 1 fully saturated rings. The van der Waals surface area contributed by atoms with Crippen molar-refractivity contribution < 1.29 is 0 Å². The molecule has 0 amide bonds. The maximum Gasteiger partial charge on any atom is 0.136 e. The molecule has 1 saturated heterocycles. The molecule has 3 heterocycles. The fraction of sp³-hybridized carbons (Fsp3) is 0.444. The largest absolute Gasteiger partial charge is 0.354 e. The highest BCUT2D eigenvalue weighted by atomic mass is 35.5. The first-order chi connectivity index (χ1) is 11.0. The number of pyridine rings is 2. The van der Waals surface area contributed by atoms with Crippen LogP contribution in [0.5, 0.6) is 0 Å². The van der Waals surface area contributed by atoms with E-state index in [4.69, 9.17) is 11.6 Å². The quantitative estimate of drug-likeness (QED) is 0.804. The van der Waals surface area contributed by atoms with Crippen molar-refractivity contribution in [1.82, 2.24) is 14.9 Å². The number of piperazine rings is 1. The summed E-state index contributed by atoms with van der Waals surface area (Å²) in [6.07, 6.45) is 3.75. The Kier molecular flexibility index (Phi) is 4.83. The van der Waals surface area contributed by atoms with E-state index >= 15 is 0 Å². The van der Waals surface area contributed by atoms with Gasteiger partial charge in [0.15, 0.2) is 0 Å². The molecule has 23 heavy (non-hydrogen) atoms. The van der Waals surface area contributed by atoms with Gasteiger partial charge in [0.25, 0.3) is 0 Å². The Morgan fingerprint density at radius 2 is 1.78 bits per heavy atom. The molecule has 0 unspecified atom stereocenters. The molecule has 0 aromatic carbocycles. The maximum atomic E-state index is 6.29. The smallest absolute Gasteiger partial charge is 0.136 e. The average molecular weight is 331 g/mol. The van der Waals surface area contributed by atoms with Gasteiger partial charge in [-0.1, -0.05) is 25.4 Å². The SMILES string of the molecule is CC(C)c1cnc(Cl)c(-c2ccc(N3CCN(C)CC3)nc2)c1. The molecule has 122 valence electrons. The van der Waals surface area contributed by atoms with Gasteiger partial charge < -0.3 is 9.80 Å². The highest BCUT2D eigenvalue weighted by Gasteiger charge is 2.15. The number of rotatable bonds is 3. The molecule has 2 aromatic heterocycles. The number of likely N-dealkylation sites (N-methyl/N-ethyl adjacent to an activating group) is 1. The van der Waals surface area contributed by atoms with Crippen molar-refractivity contribution in [2.75, 3.05) is 38.1 Å². The Morgan fingerprint density at radius 3 is 2.39 bits per heavy atom. The van der Waals surface area contributed by atoms with Crippen molar-refractivity contribution >= 4 is 17.4 Å². The predicted octanol–water partition coefficient (Wildman–Crippen LogP) is 3.67. The molecule has 0 spiro atoms. The molecule has 5 heteroatoms. The third-order valence-electron chi connectivity index (χ3n) is 4.41. The normalized spacial score (nSPS) is 16.1. The van der Waals surface area contributed by atoms with Gasteiger partial charge in [-0.2, -0.15) is 0 Å². The van der Waals surface area contributed by atoms with Crippen LogP contribution in [-0.4, -0.2) is 48.1 Å². The van der Waals surface area contributed by atoms with Crippen molar-refractivity contribution in [2.45, 2.75) is 19.8 Å². The van der Waals surface area contributed by atoms with Crippen molar-refractivity contribution in [1.29, 1.82) is 0 Å². The molecule has 4 nitrogen and oxygen atoms in total. The Morgan fingerprint density at radius 1 is 1.04 bits per heavy atom. The summed E-state index contributed by atoms with van der Waals surface area (Å²) >= 11 is 6.29. The Balaban J connectivity index is 1.83. The van der Waals surface area contributed by atoms with Crippen LogP contribution >= 0.6 is 11.6 Å². The summed E-state index contributed by atoms with van der Waals surface area (Å²) in [6.45, 7) is 8.51. The van der Waals surface area contributed by atoms with Crippen LogP contribution in [0.2, 0.25) is 5.15 Å². The van der Waals surface area contributed by atoms with Crippen molar-refractivity contribution in [3.8, 4) is 11.1 Å². The van der Waals surface area contributed by atoms with E-state index < -0.39 is 0 Å². The van der Waals surface area contributed by atoms with Gasteiger partial charge in [0, 0.05) is 49.7 Å². The minimum atomic E-state index is 0.427. The number of hydrogen-bond acceptors (Lipinski definition) is 4. The molecular formula is C18H23ClN4. The van der Waals surface area contributed by atoms with Gasteiger partial charge in [0.2, 0.25) is 0 Å². The topological polar surface area (TPSA) is 32.3 Å². The first-order valence-corrected chi connectivity index (χ1v) is 8.48. The van der Waals surface area contributed by atoms with E-state index in [9.17, 15) is 0 Å². The number of halogens is 1. The monoisotopic (exact) mass is 330 g/mol. The van der Waals surface area contributed by atoms with Gasteiger partial charge in [0.1, 0.15) is 11.0 Å². The molecule has 1 aliphatic heterocycles. The number of nitrogens with zero attached hydrogens (tertiary/aromatic N) is 4. The molecule has 0 aliphatic carbocycles. The maximum absolute atomic E-state index is 6.29. The van der Waals surface area contributed by atoms with Gasteiger partial charge in [-0.3, -0.25) is 0 Å². The second kappa shape index (κ2) is 6.85. The van der Waals surface area contributed by atoms with E-state index in [0.29, 0.717) is 11.1 Å². The Bertz CT molecular complexity index is 661. The second-order valence-electron chi connectivity index (χ2n) is 6.46. The first kappa shape index (κ1) is 16.2. The van der Waals surface area contributed by atoms with E-state index in [0.717, 1.165) is 43.1 Å². The standard InChI is InChI=1S/C18H23ClN4/c1-13(2)15-10-16(18(19)21-12-15)14-4-5-17(20-11-14)23-8-6-22(3)7-9-23/h4-5,10-13H,6-9H2,1-3H3. The molecule has 0 radical (unpaired) electrons. The van der Waals surface area contributed by atoms with E-state index in [-0.39, 0.29) is 0 Å². The van der Waals surface area contributed by atoms with Crippen LogP contribution < -0.4 is 4.90 Å². The third kappa shape index (κ3) is 3.65. The van der Waals surface area contributed by atoms with Gasteiger partial charge in [0.05, 0.1) is 0 Å². The lowest BCUT2D eigenvalue weighted by atomic mass is 10.0. The predicted molar refractivity (Wildman–Crippen MR) is 96.3 cm³/mol. The number of hydrogen-bond donors (Lipinski definition) is 0. The van der Waals surface area contributed by atoms with Crippen molar-refractivity contribution in [2.24, 2.45) is 0 Å². The molecule has 2 aromatic rings. The molecule has 0 bridgehead atoms. The van der Waals surface area contributed by atoms with Gasteiger partial charge in [-0.15, -0.1) is 0 Å². The first-order valence-electron chi connectivity index (χ1n) is 8.10. The summed E-state index contributed by atoms with van der Waals surface area (Å²) in [5, 5.41) is 0.531. The van der Waals surface area contributed by atoms with E-state index in [1.807, 2.05) is 12.4 Å². The summed E-state index contributed by atoms with van der Waals surface area (Å²) in [4.78, 5) is 13.6. The van der Waals surface area contributed by atoms with Crippen LogP contribution in [0.1, 0.15) is 25.3 Å². The van der Waals surface area contributed by atoms with Gasteiger partial charge in [-0.25, -0.2) is 9.97 Å². The van der Waals surface area contributed by atoms with Crippen LogP contribution in [-0.2, 0) is 0 Å². The molecular weight excluding hydrogens is 308 g/mol. The van der Waals surface area contributed by atoms with Crippen molar-refractivity contribution in [3.05, 3.63) is 41.3 Å². The minimum Gasteiger partial charge on any atom is -0.354 e. The summed E-state index contributed by atoms with van der Waals surface area (Å²) < 4.78 is 0. The lowest BCUT2D eigenvalue weighted by Gasteiger charge is -2.33. The van der Waals surface area contributed by atoms with Crippen LogP contribution in [0.25, 0.3) is 11.1 Å². The third-order valence-corrected chi connectivity index (χ3v) is 4.71. The minimum absolute atomic E-state index is 0.427. The molecule has 1 aliphatic rings. The van der Waals surface area contributed by atoms with E-state index in [2.05, 4.69) is 58.9 Å². The average Bonchev–Trinajstić information content (AvgIpc) is 2.56. The molecule has 3 rings (SSSR count). The highest BCUT2D eigenvalue weighted by Crippen LogP contribution is 2.29. The second-order valence-corrected chi connectivity index (χ2v) is 6.82. The molecule has 0 atom stereocenters. The summed E-state index contributed by atoms with van der Waals surface area (Å²) in [5.41, 5.74) is 3.16. The number of aromatic nitrogens is 2. The zero-order valence-electron chi connectivity index (χ0n) is 14.0. The van der Waals surface area contributed by atoms with Crippen LogP contribution in [0, 0.1) is 0 Å². The van der Waals surface area contributed by atoms with Crippen LogP contribution in [0.4, 0.5) is 5.82 Å². The fourth-order valence-corrected chi connectivity index (χ4v) is 2.96.